The maximum atomic E-state index is 12.2. The number of carbonyl (C=O) groups is 2. The second-order valence-corrected chi connectivity index (χ2v) is 6.82. The highest BCUT2D eigenvalue weighted by Crippen LogP contribution is 2.22. The fourth-order valence-corrected chi connectivity index (χ4v) is 2.43. The lowest BCUT2D eigenvalue weighted by Gasteiger charge is -2.31. The van der Waals surface area contributed by atoms with Crippen molar-refractivity contribution < 1.29 is 14.3 Å². The van der Waals surface area contributed by atoms with Gasteiger partial charge in [0.15, 0.2) is 0 Å². The number of allylic oxidation sites excluding steroid dienone is 1. The molecular weight excluding hydrogens is 306 g/mol. The molecule has 24 heavy (non-hydrogen) atoms. The minimum Gasteiger partial charge on any atom is -0.444 e. The van der Waals surface area contributed by atoms with E-state index in [0.29, 0.717) is 18.9 Å². The van der Waals surface area contributed by atoms with E-state index in [9.17, 15) is 9.59 Å². The van der Waals surface area contributed by atoms with Crippen molar-refractivity contribution in [1.29, 1.82) is 0 Å². The highest BCUT2D eigenvalue weighted by molar-refractivity contribution is 6.00. The molecule has 0 bridgehead atoms. The van der Waals surface area contributed by atoms with Gasteiger partial charge in [0.25, 0.3) is 5.91 Å². The average Bonchev–Trinajstić information content (AvgIpc) is 2.51. The van der Waals surface area contributed by atoms with Crippen molar-refractivity contribution in [3.63, 3.8) is 0 Å². The van der Waals surface area contributed by atoms with Crippen LogP contribution in [0.5, 0.6) is 0 Å². The summed E-state index contributed by atoms with van der Waals surface area (Å²) in [5.74, 6) is 0.438. The number of fused-ring (bicyclic) bond motifs is 1. The molecule has 0 unspecified atom stereocenters. The lowest BCUT2D eigenvalue weighted by molar-refractivity contribution is -0.113. The molecule has 2 rings (SSSR count). The zero-order valence-electron chi connectivity index (χ0n) is 15.0. The van der Waals surface area contributed by atoms with E-state index in [-0.39, 0.29) is 12.0 Å². The Morgan fingerprint density at radius 2 is 2.04 bits per heavy atom. The number of rotatable bonds is 2. The molecule has 1 aliphatic heterocycles. The molecule has 0 atom stereocenters. The van der Waals surface area contributed by atoms with Gasteiger partial charge in [-0.1, -0.05) is 12.1 Å². The number of anilines is 1. The van der Waals surface area contributed by atoms with Crippen molar-refractivity contribution in [2.45, 2.75) is 46.3 Å². The first-order valence-electron chi connectivity index (χ1n) is 8.08. The fraction of sp³-hybridized carbons (Fsp3) is 0.500. The molecule has 6 heteroatoms. The van der Waals surface area contributed by atoms with E-state index in [1.54, 1.807) is 24.9 Å². The van der Waals surface area contributed by atoms with Gasteiger partial charge in [-0.05, 0) is 51.8 Å². The van der Waals surface area contributed by atoms with Crippen molar-refractivity contribution in [3.8, 4) is 0 Å². The van der Waals surface area contributed by atoms with Gasteiger partial charge in [0, 0.05) is 13.6 Å². The molecule has 0 N–H and O–H groups in total. The van der Waals surface area contributed by atoms with E-state index in [1.807, 2.05) is 32.9 Å². The first-order valence-corrected chi connectivity index (χ1v) is 8.08. The van der Waals surface area contributed by atoms with E-state index in [2.05, 4.69) is 4.98 Å². The number of carbonyl (C=O) groups excluding carboxylic acids is 2. The molecule has 1 aromatic heterocycles. The lowest BCUT2D eigenvalue weighted by atomic mass is 10.1. The molecule has 2 heterocycles. The lowest BCUT2D eigenvalue weighted by Crippen LogP contribution is -2.40. The summed E-state index contributed by atoms with van der Waals surface area (Å²) in [6.45, 7) is 8.34. The quantitative estimate of drug-likeness (QED) is 0.782. The fourth-order valence-electron chi connectivity index (χ4n) is 2.43. The third-order valence-corrected chi connectivity index (χ3v) is 3.68. The van der Waals surface area contributed by atoms with Crippen LogP contribution in [0.3, 0.4) is 0 Å². The largest absolute Gasteiger partial charge is 0.444 e. The number of hydrogen-bond acceptors (Lipinski definition) is 4. The van der Waals surface area contributed by atoms with Gasteiger partial charge in [-0.3, -0.25) is 9.69 Å². The molecule has 2 amide bonds. The number of amides is 2. The van der Waals surface area contributed by atoms with Crippen LogP contribution in [0.25, 0.3) is 0 Å². The van der Waals surface area contributed by atoms with Crippen LogP contribution in [0.1, 0.15) is 39.0 Å². The Bertz CT molecular complexity index is 662. The Morgan fingerprint density at radius 1 is 1.33 bits per heavy atom. The van der Waals surface area contributed by atoms with Gasteiger partial charge >= 0.3 is 6.09 Å². The molecule has 0 saturated heterocycles. The van der Waals surface area contributed by atoms with E-state index < -0.39 is 5.60 Å². The van der Waals surface area contributed by atoms with Crippen LogP contribution in [0, 0.1) is 0 Å². The Morgan fingerprint density at radius 3 is 2.67 bits per heavy atom. The highest BCUT2D eigenvalue weighted by Gasteiger charge is 2.26. The van der Waals surface area contributed by atoms with Crippen LogP contribution in [0.4, 0.5) is 10.6 Å². The van der Waals surface area contributed by atoms with Crippen molar-refractivity contribution in [2.75, 3.05) is 18.5 Å². The van der Waals surface area contributed by atoms with Gasteiger partial charge in [-0.25, -0.2) is 9.78 Å². The summed E-state index contributed by atoms with van der Waals surface area (Å²) in [5, 5.41) is 0. The maximum absolute atomic E-state index is 12.2. The van der Waals surface area contributed by atoms with Gasteiger partial charge < -0.3 is 9.64 Å². The zero-order chi connectivity index (χ0) is 17.9. The minimum absolute atomic E-state index is 0.134. The summed E-state index contributed by atoms with van der Waals surface area (Å²) in [4.78, 5) is 31.9. The zero-order valence-corrected chi connectivity index (χ0v) is 15.0. The normalized spacial score (nSPS) is 14.5. The molecule has 6 nitrogen and oxygen atoms in total. The van der Waals surface area contributed by atoms with E-state index in [1.165, 1.54) is 11.0 Å². The monoisotopic (exact) mass is 331 g/mol. The third-order valence-electron chi connectivity index (χ3n) is 3.68. The Balaban J connectivity index is 2.16. The third kappa shape index (κ3) is 4.34. The second-order valence-electron chi connectivity index (χ2n) is 6.82. The number of hydrogen-bond donors (Lipinski definition) is 0. The van der Waals surface area contributed by atoms with Crippen LogP contribution in [0.2, 0.25) is 0 Å². The van der Waals surface area contributed by atoms with Crippen LogP contribution in [-0.4, -0.2) is 41.1 Å². The molecule has 1 aromatic rings. The molecular formula is C18H25N3O3. The maximum Gasteiger partial charge on any atom is 0.410 e. The first kappa shape index (κ1) is 18.0. The van der Waals surface area contributed by atoms with Crippen molar-refractivity contribution in [1.82, 2.24) is 9.88 Å². The summed E-state index contributed by atoms with van der Waals surface area (Å²) in [6, 6.07) is 3.81. The van der Waals surface area contributed by atoms with Crippen LogP contribution in [0.15, 0.2) is 24.3 Å². The SMILES string of the molecule is C/C=C/C(=O)N(C)c1ccc2c(n1)CN(C(=O)OC(C)(C)C)CC2. The predicted octanol–water partition coefficient (Wildman–Crippen LogP) is 2.91. The second kappa shape index (κ2) is 7.03. The van der Waals surface area contributed by atoms with E-state index >= 15 is 0 Å². The molecule has 0 spiro atoms. The minimum atomic E-state index is -0.522. The number of nitrogens with zero attached hydrogens (tertiary/aromatic N) is 3. The van der Waals surface area contributed by atoms with Crippen LogP contribution in [-0.2, 0) is 22.5 Å². The number of likely N-dealkylation sites (N-methyl/N-ethyl adjacent to an activating group) is 1. The van der Waals surface area contributed by atoms with Gasteiger partial charge in [0.2, 0.25) is 0 Å². The number of aromatic nitrogens is 1. The topological polar surface area (TPSA) is 62.7 Å². The van der Waals surface area contributed by atoms with E-state index in [4.69, 9.17) is 4.74 Å². The smallest absolute Gasteiger partial charge is 0.410 e. The number of ether oxygens (including phenoxy) is 1. The summed E-state index contributed by atoms with van der Waals surface area (Å²) < 4.78 is 5.43. The van der Waals surface area contributed by atoms with Gasteiger partial charge in [0.1, 0.15) is 11.4 Å². The molecule has 0 fully saturated rings. The summed E-state index contributed by atoms with van der Waals surface area (Å²) in [7, 11) is 1.69. The predicted molar refractivity (Wildman–Crippen MR) is 92.8 cm³/mol. The van der Waals surface area contributed by atoms with Gasteiger partial charge in [-0.15, -0.1) is 0 Å². The highest BCUT2D eigenvalue weighted by atomic mass is 16.6. The molecule has 0 radical (unpaired) electrons. The van der Waals surface area contributed by atoms with Crippen LogP contribution < -0.4 is 4.90 Å². The average molecular weight is 331 g/mol. The van der Waals surface area contributed by atoms with Crippen molar-refractivity contribution in [3.05, 3.63) is 35.5 Å². The Kier molecular flexibility index (Phi) is 5.26. The molecule has 1 aliphatic rings. The molecule has 0 saturated carbocycles. The Hall–Kier alpha value is -2.37. The van der Waals surface area contributed by atoms with Gasteiger partial charge in [-0.2, -0.15) is 0 Å². The Labute approximate surface area is 143 Å². The van der Waals surface area contributed by atoms with Crippen molar-refractivity contribution >= 4 is 17.8 Å². The summed E-state index contributed by atoms with van der Waals surface area (Å²) in [5.41, 5.74) is 1.39. The molecule has 0 aromatic carbocycles. The molecule has 130 valence electrons. The number of pyridine rings is 1. The standard InChI is InChI=1S/C18H25N3O3/c1-6-7-16(22)20(5)15-9-8-13-10-11-21(12-14(13)19-15)17(23)24-18(2,3)4/h6-9H,10-12H2,1-5H3/b7-6+. The van der Waals surface area contributed by atoms with Gasteiger partial charge in [0.05, 0.1) is 12.2 Å². The summed E-state index contributed by atoms with van der Waals surface area (Å²) in [6.07, 6.45) is 3.59. The van der Waals surface area contributed by atoms with Crippen molar-refractivity contribution in [2.24, 2.45) is 0 Å². The molecule has 0 aliphatic carbocycles. The summed E-state index contributed by atoms with van der Waals surface area (Å²) >= 11 is 0. The van der Waals surface area contributed by atoms with E-state index in [0.717, 1.165) is 17.7 Å². The first-order chi connectivity index (χ1) is 11.2. The van der Waals surface area contributed by atoms with Crippen LogP contribution >= 0.6 is 0 Å².